The summed E-state index contributed by atoms with van der Waals surface area (Å²) in [5, 5.41) is 3.39. The molecule has 0 bridgehead atoms. The molecule has 0 atom stereocenters. The van der Waals surface area contributed by atoms with Crippen LogP contribution in [-0.4, -0.2) is 43.3 Å². The smallest absolute Gasteiger partial charge is 0.325 e. The Morgan fingerprint density at radius 2 is 1.85 bits per heavy atom. The van der Waals surface area contributed by atoms with Crippen molar-refractivity contribution >= 4 is 34.9 Å². The number of halogens is 1. The number of nitrogens with zero attached hydrogens (tertiary/aromatic N) is 2. The van der Waals surface area contributed by atoms with Crippen LogP contribution in [0.5, 0.6) is 11.5 Å². The van der Waals surface area contributed by atoms with Gasteiger partial charge >= 0.3 is 6.03 Å². The Labute approximate surface area is 155 Å². The predicted molar refractivity (Wildman–Crippen MR) is 97.0 cm³/mol. The van der Waals surface area contributed by atoms with Gasteiger partial charge in [0.05, 0.1) is 0 Å². The first-order valence-corrected chi connectivity index (χ1v) is 8.49. The van der Waals surface area contributed by atoms with Gasteiger partial charge in [-0.25, -0.2) is 4.79 Å². The van der Waals surface area contributed by atoms with E-state index in [1.807, 2.05) is 0 Å². The Bertz CT molecular complexity index is 856. The van der Waals surface area contributed by atoms with Crippen molar-refractivity contribution < 1.29 is 19.1 Å². The molecule has 0 aliphatic carbocycles. The third-order valence-corrected chi connectivity index (χ3v) is 4.48. The summed E-state index contributed by atoms with van der Waals surface area (Å²) >= 11 is 5.88. The van der Waals surface area contributed by atoms with Crippen LogP contribution in [0.1, 0.15) is 0 Å². The summed E-state index contributed by atoms with van der Waals surface area (Å²) in [7, 11) is 0. The summed E-state index contributed by atoms with van der Waals surface area (Å²) in [6.07, 6.45) is 0. The topological polar surface area (TPSA) is 71.1 Å². The van der Waals surface area contributed by atoms with Crippen molar-refractivity contribution in [2.24, 2.45) is 0 Å². The maximum absolute atomic E-state index is 12.5. The van der Waals surface area contributed by atoms with E-state index in [0.717, 1.165) is 5.69 Å². The number of amides is 3. The lowest BCUT2D eigenvalue weighted by molar-refractivity contribution is -0.116. The third-order valence-electron chi connectivity index (χ3n) is 4.22. The molecule has 2 heterocycles. The number of hydrogen-bond acceptors (Lipinski definition) is 4. The zero-order chi connectivity index (χ0) is 18.1. The summed E-state index contributed by atoms with van der Waals surface area (Å²) in [4.78, 5) is 28.0. The molecule has 1 fully saturated rings. The normalized spacial score (nSPS) is 15.5. The van der Waals surface area contributed by atoms with Crippen molar-refractivity contribution in [2.45, 2.75) is 0 Å². The fourth-order valence-corrected chi connectivity index (χ4v) is 3.06. The van der Waals surface area contributed by atoms with Gasteiger partial charge in [-0.3, -0.25) is 9.69 Å². The highest BCUT2D eigenvalue weighted by molar-refractivity contribution is 6.30. The zero-order valence-electron chi connectivity index (χ0n) is 13.8. The molecule has 0 spiro atoms. The number of carbonyl (C=O) groups excluding carboxylic acids is 2. The highest BCUT2D eigenvalue weighted by Crippen LogP contribution is 2.34. The van der Waals surface area contributed by atoms with Crippen LogP contribution >= 0.6 is 11.6 Å². The lowest BCUT2D eigenvalue weighted by Gasteiger charge is -2.18. The van der Waals surface area contributed by atoms with Gasteiger partial charge in [-0.05, 0) is 36.4 Å². The van der Waals surface area contributed by atoms with Crippen molar-refractivity contribution in [3.8, 4) is 11.5 Å². The van der Waals surface area contributed by atoms with Crippen molar-refractivity contribution in [1.29, 1.82) is 0 Å². The zero-order valence-corrected chi connectivity index (χ0v) is 14.5. The highest BCUT2D eigenvalue weighted by atomic mass is 35.5. The van der Waals surface area contributed by atoms with Crippen LogP contribution < -0.4 is 19.7 Å². The van der Waals surface area contributed by atoms with Crippen molar-refractivity contribution in [1.82, 2.24) is 4.90 Å². The summed E-state index contributed by atoms with van der Waals surface area (Å²) < 4.78 is 10.5. The van der Waals surface area contributed by atoms with E-state index < -0.39 is 0 Å². The van der Waals surface area contributed by atoms with Gasteiger partial charge in [0.25, 0.3) is 0 Å². The molecule has 1 N–H and O–H groups in total. The molecule has 26 heavy (non-hydrogen) atoms. The number of urea groups is 1. The Kier molecular flexibility index (Phi) is 4.30. The molecule has 2 aliphatic heterocycles. The number of anilines is 2. The first-order chi connectivity index (χ1) is 12.6. The molecule has 134 valence electrons. The second-order valence-electron chi connectivity index (χ2n) is 5.95. The molecule has 0 saturated carbocycles. The molecule has 7 nitrogen and oxygen atoms in total. The van der Waals surface area contributed by atoms with E-state index in [0.29, 0.717) is 35.3 Å². The second-order valence-corrected chi connectivity index (χ2v) is 6.38. The summed E-state index contributed by atoms with van der Waals surface area (Å²) in [6, 6.07) is 12.0. The van der Waals surface area contributed by atoms with Crippen LogP contribution in [0.3, 0.4) is 0 Å². The van der Waals surface area contributed by atoms with Crippen LogP contribution in [-0.2, 0) is 4.79 Å². The number of hydrogen-bond donors (Lipinski definition) is 1. The van der Waals surface area contributed by atoms with Crippen LogP contribution in [0.15, 0.2) is 42.5 Å². The van der Waals surface area contributed by atoms with E-state index in [4.69, 9.17) is 21.1 Å². The molecule has 8 heteroatoms. The fourth-order valence-electron chi connectivity index (χ4n) is 2.94. The van der Waals surface area contributed by atoms with E-state index in [9.17, 15) is 9.59 Å². The van der Waals surface area contributed by atoms with E-state index in [-0.39, 0.29) is 25.3 Å². The minimum atomic E-state index is -0.268. The Balaban J connectivity index is 1.37. The van der Waals surface area contributed by atoms with Crippen LogP contribution in [0, 0.1) is 0 Å². The minimum absolute atomic E-state index is 0.0165. The Morgan fingerprint density at radius 1 is 1.08 bits per heavy atom. The third kappa shape index (κ3) is 3.25. The number of fused-ring (bicyclic) bond motifs is 1. The molecule has 4 rings (SSSR count). The molecule has 2 aromatic carbocycles. The molecule has 0 radical (unpaired) electrons. The van der Waals surface area contributed by atoms with Crippen molar-refractivity contribution in [3.63, 3.8) is 0 Å². The van der Waals surface area contributed by atoms with Gasteiger partial charge in [-0.1, -0.05) is 11.6 Å². The maximum Gasteiger partial charge on any atom is 0.325 e. The predicted octanol–water partition coefficient (Wildman–Crippen LogP) is 2.95. The van der Waals surface area contributed by atoms with Gasteiger partial charge in [0.2, 0.25) is 12.7 Å². The van der Waals surface area contributed by atoms with Crippen molar-refractivity contribution in [3.05, 3.63) is 47.5 Å². The summed E-state index contributed by atoms with van der Waals surface area (Å²) in [6.45, 7) is 1.17. The largest absolute Gasteiger partial charge is 0.454 e. The lowest BCUT2D eigenvalue weighted by Crippen LogP contribution is -2.37. The number of benzene rings is 2. The van der Waals surface area contributed by atoms with E-state index in [1.54, 1.807) is 47.4 Å². The molecule has 3 amide bonds. The van der Waals surface area contributed by atoms with E-state index in [2.05, 4.69) is 5.32 Å². The first-order valence-electron chi connectivity index (χ1n) is 8.12. The van der Waals surface area contributed by atoms with Gasteiger partial charge < -0.3 is 19.7 Å². The molecule has 2 aliphatic rings. The quantitative estimate of drug-likeness (QED) is 0.894. The molecular formula is C18H16ClN3O4. The standard InChI is InChI=1S/C18H16ClN3O4/c19-12-1-4-14(5-2-12)22-8-7-21(18(22)24)10-17(23)20-13-3-6-15-16(9-13)26-11-25-15/h1-6,9H,7-8,10-11H2,(H,20,23). The van der Waals surface area contributed by atoms with E-state index in [1.165, 1.54) is 4.90 Å². The maximum atomic E-state index is 12.5. The van der Waals surface area contributed by atoms with Crippen molar-refractivity contribution in [2.75, 3.05) is 36.6 Å². The van der Waals surface area contributed by atoms with Gasteiger partial charge in [0.15, 0.2) is 11.5 Å². The number of nitrogens with one attached hydrogen (secondary N) is 1. The average Bonchev–Trinajstić information content (AvgIpc) is 3.23. The molecule has 1 saturated heterocycles. The van der Waals surface area contributed by atoms with Crippen LogP contribution in [0.2, 0.25) is 5.02 Å². The SMILES string of the molecule is O=C(CN1CCN(c2ccc(Cl)cc2)C1=O)Nc1ccc2c(c1)OCO2. The monoisotopic (exact) mass is 373 g/mol. The molecule has 0 unspecified atom stereocenters. The lowest BCUT2D eigenvalue weighted by atomic mass is 10.2. The Morgan fingerprint density at radius 3 is 2.65 bits per heavy atom. The molecule has 0 aromatic heterocycles. The minimum Gasteiger partial charge on any atom is -0.454 e. The number of ether oxygens (including phenoxy) is 2. The first kappa shape index (κ1) is 16.5. The van der Waals surface area contributed by atoms with Gasteiger partial charge in [-0.15, -0.1) is 0 Å². The van der Waals surface area contributed by atoms with Gasteiger partial charge in [-0.2, -0.15) is 0 Å². The number of rotatable bonds is 4. The number of carbonyl (C=O) groups is 2. The fraction of sp³-hybridized carbons (Fsp3) is 0.222. The van der Waals surface area contributed by atoms with Crippen LogP contribution in [0.4, 0.5) is 16.2 Å². The van der Waals surface area contributed by atoms with Crippen LogP contribution in [0.25, 0.3) is 0 Å². The van der Waals surface area contributed by atoms with E-state index >= 15 is 0 Å². The summed E-state index contributed by atoms with van der Waals surface area (Å²) in [5.41, 5.74) is 1.36. The average molecular weight is 374 g/mol. The van der Waals surface area contributed by atoms with Gasteiger partial charge in [0.1, 0.15) is 6.54 Å². The molecular weight excluding hydrogens is 358 g/mol. The van der Waals surface area contributed by atoms with Gasteiger partial charge in [0, 0.05) is 35.6 Å². The molecule has 2 aromatic rings. The summed E-state index contributed by atoms with van der Waals surface area (Å²) in [5.74, 6) is 0.973. The highest BCUT2D eigenvalue weighted by Gasteiger charge is 2.30. The Hall–Kier alpha value is -2.93. The second kappa shape index (κ2) is 6.76.